The maximum Gasteiger partial charge on any atom is 4.00 e. The number of hydrazine groups is 1. The normalized spacial score (nSPS) is 11.7. The first kappa shape index (κ1) is 70.1. The number of hydrogen-bond acceptors (Lipinski definition) is 23. The van der Waals surface area contributed by atoms with Gasteiger partial charge >= 0.3 is 20.1 Å². The number of nitrogens with zero attached hydrogens (tertiary/aromatic N) is 2. The van der Waals surface area contributed by atoms with Gasteiger partial charge in [-0.05, 0) is 115 Å². The van der Waals surface area contributed by atoms with Crippen molar-refractivity contribution < 1.29 is 103 Å². The van der Waals surface area contributed by atoms with Crippen LogP contribution < -0.4 is 53.6 Å². The third-order valence-electron chi connectivity index (χ3n) is 11.4. The molecule has 83 heavy (non-hydrogen) atoms. The fraction of sp³-hybridized carbons (Fsp3) is 0.216. The molecule has 0 unspecified atom stereocenters. The van der Waals surface area contributed by atoms with Crippen LogP contribution in [0.1, 0.15) is 44.7 Å². The summed E-state index contributed by atoms with van der Waals surface area (Å²) in [6.45, 7) is -1.68. The van der Waals surface area contributed by atoms with Crippen LogP contribution in [-0.4, -0.2) is 133 Å². The van der Waals surface area contributed by atoms with E-state index in [1.807, 2.05) is 30.3 Å². The standard InChI is InChI=1S/C26H28N8O4.C18H15O9PS3.C7H15NO5.Tc/c27-21(11-8-17-4-2-1-3-5-17)26(38)34-33-25(37)19-9-6-18(7-10-19)15-30-23(35)16-31-24(36)20-12-13-29-22(14-20)32-28;19-29(20,21)16-7-1-4-13(10-16)28(14-5-2-8-17(11-14)30(22,23)24)15-6-3-9-18(12-15)31(25,26)27;9-2-1-7(4-10,5-11)8-3-6(12)13;/h1-7,9-10,12-14,21,28H,8,11,15-16,27H2,(H,30,35)(H,31,36)(H,33,37)(H,34,38);1-12H,(H,19,20,21)(H,22,23,24)(H,25,26,27);8-11H,1-5H2,(H,12,13);/q;;;+4/p-4/t21-;;;/m1.../s1. The number of carbonyl (C=O) groups excluding carboxylic acids is 5. The second kappa shape index (κ2) is 33.2. The van der Waals surface area contributed by atoms with Crippen LogP contribution >= 0.6 is 7.92 Å². The number of carboxylic acid groups (broad SMARTS) is 1. The van der Waals surface area contributed by atoms with Gasteiger partial charge < -0.3 is 60.6 Å². The van der Waals surface area contributed by atoms with Crippen molar-refractivity contribution in [2.75, 3.05) is 32.9 Å². The average molecular weight is 1310 g/mol. The molecule has 11 N–H and O–H groups in total. The van der Waals surface area contributed by atoms with Crippen molar-refractivity contribution in [3.63, 3.8) is 0 Å². The summed E-state index contributed by atoms with van der Waals surface area (Å²) in [6, 6.07) is 32.9. The van der Waals surface area contributed by atoms with Crippen LogP contribution in [0.5, 0.6) is 0 Å². The van der Waals surface area contributed by atoms with Gasteiger partial charge in [-0.2, -0.15) is 0 Å². The Balaban J connectivity index is 0.000000360. The van der Waals surface area contributed by atoms with Gasteiger partial charge in [0.1, 0.15) is 30.4 Å². The van der Waals surface area contributed by atoms with Gasteiger partial charge in [-0.15, -0.1) is 5.11 Å². The molecule has 6 aromatic rings. The number of aliphatic hydroxyl groups is 3. The Hall–Kier alpha value is -7.19. The van der Waals surface area contributed by atoms with E-state index in [9.17, 15) is 68.0 Å². The third-order valence-corrected chi connectivity index (χ3v) is 16.2. The molecule has 0 aliphatic carbocycles. The van der Waals surface area contributed by atoms with E-state index in [1.54, 1.807) is 24.3 Å². The van der Waals surface area contributed by atoms with Crippen LogP contribution in [0.2, 0.25) is 0 Å². The van der Waals surface area contributed by atoms with E-state index in [2.05, 4.69) is 36.9 Å². The Morgan fingerprint density at radius 1 is 0.639 bits per heavy atom. The number of aliphatic hydroxyl groups excluding tert-OH is 3. The summed E-state index contributed by atoms with van der Waals surface area (Å²) in [4.78, 5) is 61.0. The van der Waals surface area contributed by atoms with Crippen LogP contribution in [-0.2, 0) is 77.8 Å². The SMILES string of the molecule is N=Nc1cc(C(=O)NCC(=O)NCc2ccc(C(=O)NNC(=O)[C@H](N)CCc3ccccc3)cc2)ccn1.O=C([O-])CNC(CO)(CO)CCO.O=S(=O)([O-])c1cccc(P(c2cccc(S(=O)(=O)[O-])c2)c2cccc(S(=O)(=O)[O-])c2)c1.[Tc+4]. The second-order valence-corrected chi connectivity index (χ2v) is 23.6. The number of benzene rings is 5. The summed E-state index contributed by atoms with van der Waals surface area (Å²) in [6.07, 6.45) is 2.50. The van der Waals surface area contributed by atoms with E-state index in [0.29, 0.717) is 18.4 Å². The van der Waals surface area contributed by atoms with Crippen LogP contribution in [0.4, 0.5) is 5.82 Å². The van der Waals surface area contributed by atoms with Crippen molar-refractivity contribution in [3.05, 3.63) is 168 Å². The zero-order chi connectivity index (χ0) is 60.7. The molecule has 4 amide bonds. The molecule has 1 radical (unpaired) electrons. The van der Waals surface area contributed by atoms with Crippen LogP contribution in [0.25, 0.3) is 0 Å². The Morgan fingerprint density at radius 2 is 1.16 bits per heavy atom. The largest absolute Gasteiger partial charge is 4.00 e. The predicted molar refractivity (Wildman–Crippen MR) is 289 cm³/mol. The number of rotatable bonds is 24. The fourth-order valence-corrected chi connectivity index (χ4v) is 11.2. The van der Waals surface area contributed by atoms with Gasteiger partial charge in [-0.25, -0.2) is 35.8 Å². The first-order valence-corrected chi connectivity index (χ1v) is 29.4. The zero-order valence-corrected chi connectivity index (χ0v) is 48.5. The number of aliphatic carboxylic acids is 1. The Kier molecular flexibility index (Phi) is 28.0. The molecule has 0 aliphatic heterocycles. The van der Waals surface area contributed by atoms with Gasteiger partial charge in [0, 0.05) is 37.0 Å². The number of carboxylic acids is 1. The molecule has 0 aliphatic rings. The number of pyridine rings is 1. The number of nitrogens with one attached hydrogen (secondary N) is 6. The zero-order valence-electron chi connectivity index (χ0n) is 43.3. The van der Waals surface area contributed by atoms with E-state index in [-0.39, 0.29) is 73.5 Å². The minimum atomic E-state index is -4.82. The third kappa shape index (κ3) is 23.2. The summed E-state index contributed by atoms with van der Waals surface area (Å²) in [5.74, 6) is -3.15. The number of hydrogen-bond donors (Lipinski definition) is 10. The number of amides is 4. The summed E-state index contributed by atoms with van der Waals surface area (Å²) < 4.78 is 103. The number of aromatic nitrogens is 1. The summed E-state index contributed by atoms with van der Waals surface area (Å²) in [7, 11) is -16.3. The van der Waals surface area contributed by atoms with E-state index >= 15 is 0 Å². The number of carbonyl (C=O) groups is 5. The molecule has 1 heterocycles. The summed E-state index contributed by atoms with van der Waals surface area (Å²) in [5.41, 5.74) is 18.7. The second-order valence-electron chi connectivity index (χ2n) is 17.2. The topological polar surface area (TPSA) is 476 Å². The van der Waals surface area contributed by atoms with Crippen molar-refractivity contribution in [3.8, 4) is 0 Å². The van der Waals surface area contributed by atoms with Crippen molar-refractivity contribution in [1.29, 1.82) is 5.53 Å². The molecule has 0 fully saturated rings. The van der Waals surface area contributed by atoms with Crippen LogP contribution in [0.15, 0.2) is 166 Å². The molecular formula is C51H54N9O18PS3Tc. The molecule has 5 aromatic carbocycles. The van der Waals surface area contributed by atoms with Crippen LogP contribution in [0, 0.1) is 5.53 Å². The monoisotopic (exact) mass is 1300 g/mol. The average Bonchev–Trinajstić information content (AvgIpc) is 3.64. The van der Waals surface area contributed by atoms with E-state index in [4.69, 9.17) is 26.6 Å². The maximum atomic E-state index is 12.3. The van der Waals surface area contributed by atoms with Gasteiger partial charge in [-0.1, -0.05) is 78.9 Å². The Morgan fingerprint density at radius 3 is 1.61 bits per heavy atom. The minimum Gasteiger partial charge on any atom is -0.744 e. The van der Waals surface area contributed by atoms with Gasteiger partial charge in [0.2, 0.25) is 5.91 Å². The molecule has 0 bridgehead atoms. The fourth-order valence-electron chi connectivity index (χ4n) is 6.97. The molecule has 1 atom stereocenters. The van der Waals surface area contributed by atoms with Crippen molar-refractivity contribution >= 4 is 89.6 Å². The van der Waals surface area contributed by atoms with Crippen LogP contribution in [0.3, 0.4) is 0 Å². The molecule has 32 heteroatoms. The smallest absolute Gasteiger partial charge is 0.744 e. The van der Waals surface area contributed by atoms with Gasteiger partial charge in [0.15, 0.2) is 5.82 Å². The Bertz CT molecular complexity index is 3360. The predicted octanol–water partition coefficient (Wildman–Crippen LogP) is -1.90. The van der Waals surface area contributed by atoms with Crippen molar-refractivity contribution in [2.24, 2.45) is 10.8 Å². The molecule has 27 nitrogen and oxygen atoms in total. The molecule has 441 valence electrons. The quantitative estimate of drug-likeness (QED) is 0.0137. The molecule has 0 saturated carbocycles. The first-order valence-electron chi connectivity index (χ1n) is 23.8. The van der Waals surface area contributed by atoms with E-state index in [0.717, 1.165) is 47.5 Å². The Labute approximate surface area is 491 Å². The minimum absolute atomic E-state index is 0. The van der Waals surface area contributed by atoms with Gasteiger partial charge in [-0.3, -0.25) is 30.0 Å². The first-order chi connectivity index (χ1) is 38.7. The summed E-state index contributed by atoms with van der Waals surface area (Å²) in [5, 5.41) is 47.9. The van der Waals surface area contributed by atoms with Gasteiger partial charge in [0.25, 0.3) is 17.7 Å². The number of aryl methyl sites for hydroxylation is 1. The van der Waals surface area contributed by atoms with Crippen molar-refractivity contribution in [2.45, 2.75) is 52.1 Å². The van der Waals surface area contributed by atoms with E-state index < -0.39 is 114 Å². The number of nitrogens with two attached hydrogens (primary N) is 1. The molecule has 6 rings (SSSR count). The summed E-state index contributed by atoms with van der Waals surface area (Å²) >= 11 is 0. The van der Waals surface area contributed by atoms with Crippen molar-refractivity contribution in [1.82, 2.24) is 31.8 Å². The molecule has 0 saturated heterocycles. The molecular weight excluding hydrogens is 1250 g/mol. The van der Waals surface area contributed by atoms with Gasteiger partial charge in [0.05, 0.1) is 52.0 Å². The maximum absolute atomic E-state index is 12.3. The molecule has 1 aromatic heterocycles. The molecule has 0 spiro atoms. The van der Waals surface area contributed by atoms with E-state index in [1.165, 1.54) is 54.7 Å².